The van der Waals surface area contributed by atoms with Crippen LogP contribution in [0, 0.1) is 5.41 Å². The standard InChI is InChI=1S/C15H15N3O2/c1-2-20-15-6-10-5-9-3-4-11(16)7-13(9)18(19)14(10)8-12(15)17/h3-8,17,19H,2,16H2,1H3. The van der Waals surface area contributed by atoms with Crippen LogP contribution in [0.5, 0.6) is 5.75 Å². The van der Waals surface area contributed by atoms with Crippen molar-refractivity contribution in [2.24, 2.45) is 0 Å². The van der Waals surface area contributed by atoms with Crippen LogP contribution >= 0.6 is 0 Å². The van der Waals surface area contributed by atoms with Crippen molar-refractivity contribution >= 4 is 16.6 Å². The molecule has 0 unspecified atom stereocenters. The van der Waals surface area contributed by atoms with E-state index in [1.807, 2.05) is 19.1 Å². The van der Waals surface area contributed by atoms with E-state index in [-0.39, 0.29) is 5.36 Å². The molecule has 5 nitrogen and oxygen atoms in total. The average Bonchev–Trinajstić information content (AvgIpc) is 2.42. The van der Waals surface area contributed by atoms with Gasteiger partial charge in [0.25, 0.3) is 0 Å². The first-order valence-corrected chi connectivity index (χ1v) is 6.36. The molecule has 0 bridgehead atoms. The summed E-state index contributed by atoms with van der Waals surface area (Å²) in [6.07, 6.45) is 0. The molecule has 0 spiro atoms. The molecule has 3 rings (SSSR count). The number of nitrogens with two attached hydrogens (primary N) is 1. The Morgan fingerprint density at radius 3 is 2.80 bits per heavy atom. The van der Waals surface area contributed by atoms with Crippen molar-refractivity contribution in [1.29, 1.82) is 5.41 Å². The van der Waals surface area contributed by atoms with Crippen LogP contribution < -0.4 is 15.8 Å². The number of hydrogen-bond acceptors (Lipinski definition) is 4. The Hall–Kier alpha value is -2.69. The molecule has 0 saturated carbocycles. The molecule has 1 heterocycles. The summed E-state index contributed by atoms with van der Waals surface area (Å²) in [5.41, 5.74) is 8.30. The molecule has 0 atom stereocenters. The van der Waals surface area contributed by atoms with Gasteiger partial charge in [0.05, 0.1) is 23.2 Å². The SMILES string of the molecule is CCOc1cc2cc3ccc(N)cc3n(O)c-2cc1=N. The van der Waals surface area contributed by atoms with Gasteiger partial charge in [-0.2, -0.15) is 4.73 Å². The molecule has 0 fully saturated rings. The number of pyridine rings is 1. The molecule has 5 heteroatoms. The van der Waals surface area contributed by atoms with Crippen molar-refractivity contribution in [3.8, 4) is 17.0 Å². The number of hydrogen-bond donors (Lipinski definition) is 3. The van der Waals surface area contributed by atoms with Crippen LogP contribution in [0.15, 0.2) is 36.4 Å². The highest BCUT2D eigenvalue weighted by Crippen LogP contribution is 2.29. The van der Waals surface area contributed by atoms with Crippen molar-refractivity contribution in [1.82, 2.24) is 4.73 Å². The predicted molar refractivity (Wildman–Crippen MR) is 77.2 cm³/mol. The zero-order valence-corrected chi connectivity index (χ0v) is 11.1. The number of nitrogens with one attached hydrogen (secondary N) is 1. The molecular formula is C15H15N3O2. The maximum Gasteiger partial charge on any atom is 0.144 e. The van der Waals surface area contributed by atoms with Crippen LogP contribution in [0.2, 0.25) is 0 Å². The lowest BCUT2D eigenvalue weighted by Crippen LogP contribution is -2.11. The fraction of sp³-hybridized carbons (Fsp3) is 0.133. The Kier molecular flexibility index (Phi) is 2.75. The van der Waals surface area contributed by atoms with Crippen molar-refractivity contribution in [3.63, 3.8) is 0 Å². The van der Waals surface area contributed by atoms with Gasteiger partial charge >= 0.3 is 0 Å². The van der Waals surface area contributed by atoms with Gasteiger partial charge in [-0.15, -0.1) is 0 Å². The molecule has 0 amide bonds. The van der Waals surface area contributed by atoms with Gasteiger partial charge in [0.2, 0.25) is 0 Å². The minimum atomic E-state index is 0.241. The summed E-state index contributed by atoms with van der Waals surface area (Å²) in [5.74, 6) is 0.509. The van der Waals surface area contributed by atoms with E-state index in [1.165, 1.54) is 0 Å². The van der Waals surface area contributed by atoms with Crippen LogP contribution in [0.4, 0.5) is 5.69 Å². The predicted octanol–water partition coefficient (Wildman–Crippen LogP) is 2.44. The maximum absolute atomic E-state index is 10.3. The topological polar surface area (TPSA) is 84.3 Å². The number of anilines is 1. The molecule has 0 aromatic heterocycles. The Labute approximate surface area is 115 Å². The molecule has 1 aliphatic heterocycles. The molecule has 1 aliphatic carbocycles. The van der Waals surface area contributed by atoms with E-state index in [9.17, 15) is 5.21 Å². The first kappa shape index (κ1) is 12.3. The fourth-order valence-electron chi connectivity index (χ4n) is 2.32. The highest BCUT2D eigenvalue weighted by Gasteiger charge is 2.13. The summed E-state index contributed by atoms with van der Waals surface area (Å²) in [6, 6.07) is 10.6. The van der Waals surface area contributed by atoms with Gasteiger partial charge in [-0.3, -0.25) is 5.41 Å². The molecule has 1 aromatic carbocycles. The minimum Gasteiger partial charge on any atom is -0.492 e. The van der Waals surface area contributed by atoms with E-state index in [0.717, 1.165) is 15.7 Å². The number of rotatable bonds is 2. The van der Waals surface area contributed by atoms with Crippen LogP contribution in [-0.2, 0) is 0 Å². The quantitative estimate of drug-likeness (QED) is 0.379. The van der Waals surface area contributed by atoms with Crippen molar-refractivity contribution in [2.45, 2.75) is 6.92 Å². The first-order chi connectivity index (χ1) is 9.60. The van der Waals surface area contributed by atoms with E-state index >= 15 is 0 Å². The van der Waals surface area contributed by atoms with Crippen LogP contribution in [0.1, 0.15) is 6.92 Å². The van der Waals surface area contributed by atoms with Crippen molar-refractivity contribution < 1.29 is 9.94 Å². The molecule has 1 aromatic rings. The van der Waals surface area contributed by atoms with Gasteiger partial charge in [-0.25, -0.2) is 0 Å². The van der Waals surface area contributed by atoms with E-state index in [1.54, 1.807) is 24.3 Å². The molecule has 4 N–H and O–H groups in total. The number of ether oxygens (including phenoxy) is 1. The highest BCUT2D eigenvalue weighted by atomic mass is 16.5. The monoisotopic (exact) mass is 269 g/mol. The number of nitrogens with zero attached hydrogens (tertiary/aromatic N) is 1. The largest absolute Gasteiger partial charge is 0.492 e. The lowest BCUT2D eigenvalue weighted by Gasteiger charge is -2.15. The van der Waals surface area contributed by atoms with E-state index in [0.29, 0.717) is 29.3 Å². The third kappa shape index (κ3) is 1.84. The summed E-state index contributed by atoms with van der Waals surface area (Å²) in [6.45, 7) is 2.37. The third-order valence-corrected chi connectivity index (χ3v) is 3.25. The molecular weight excluding hydrogens is 254 g/mol. The molecule has 0 radical (unpaired) electrons. The Balaban J connectivity index is 2.38. The van der Waals surface area contributed by atoms with E-state index in [2.05, 4.69) is 0 Å². The summed E-state index contributed by atoms with van der Waals surface area (Å²) in [5, 5.41) is 19.4. The van der Waals surface area contributed by atoms with Crippen molar-refractivity contribution in [3.05, 3.63) is 41.8 Å². The Morgan fingerprint density at radius 1 is 1.25 bits per heavy atom. The number of fused-ring (bicyclic) bond motifs is 2. The zero-order valence-electron chi connectivity index (χ0n) is 11.1. The number of aromatic nitrogens is 1. The Bertz CT molecular complexity index is 823. The second-order valence-corrected chi connectivity index (χ2v) is 4.61. The summed E-state index contributed by atoms with van der Waals surface area (Å²) in [7, 11) is 0. The summed E-state index contributed by atoms with van der Waals surface area (Å²) >= 11 is 0. The molecule has 0 saturated heterocycles. The lowest BCUT2D eigenvalue weighted by molar-refractivity contribution is 0.202. The second kappa shape index (κ2) is 4.45. The maximum atomic E-state index is 10.3. The zero-order chi connectivity index (χ0) is 14.3. The minimum absolute atomic E-state index is 0.241. The van der Waals surface area contributed by atoms with E-state index in [4.69, 9.17) is 15.9 Å². The first-order valence-electron chi connectivity index (χ1n) is 6.36. The van der Waals surface area contributed by atoms with Crippen molar-refractivity contribution in [2.75, 3.05) is 12.3 Å². The van der Waals surface area contributed by atoms with Gasteiger partial charge in [-0.05, 0) is 37.3 Å². The average molecular weight is 269 g/mol. The van der Waals surface area contributed by atoms with Crippen LogP contribution in [0.25, 0.3) is 22.2 Å². The highest BCUT2D eigenvalue weighted by molar-refractivity contribution is 5.88. The normalized spacial score (nSPS) is 11.1. The Morgan fingerprint density at radius 2 is 2.05 bits per heavy atom. The smallest absolute Gasteiger partial charge is 0.144 e. The summed E-state index contributed by atoms with van der Waals surface area (Å²) in [4.78, 5) is 0. The lowest BCUT2D eigenvalue weighted by atomic mass is 10.0. The van der Waals surface area contributed by atoms with Gasteiger partial charge in [-0.1, -0.05) is 6.07 Å². The molecule has 102 valence electrons. The fourth-order valence-corrected chi connectivity index (χ4v) is 2.32. The van der Waals surface area contributed by atoms with Gasteiger partial charge in [0.1, 0.15) is 5.75 Å². The molecule has 2 aliphatic rings. The second-order valence-electron chi connectivity index (χ2n) is 4.61. The van der Waals surface area contributed by atoms with Gasteiger partial charge in [0.15, 0.2) is 0 Å². The number of benzene rings is 2. The third-order valence-electron chi connectivity index (χ3n) is 3.25. The molecule has 20 heavy (non-hydrogen) atoms. The number of nitrogen functional groups attached to an aromatic ring is 1. The van der Waals surface area contributed by atoms with Gasteiger partial charge in [0, 0.05) is 16.6 Å². The van der Waals surface area contributed by atoms with E-state index < -0.39 is 0 Å². The van der Waals surface area contributed by atoms with Crippen LogP contribution in [-0.4, -0.2) is 16.5 Å². The van der Waals surface area contributed by atoms with Crippen LogP contribution in [0.3, 0.4) is 0 Å². The van der Waals surface area contributed by atoms with Gasteiger partial charge < -0.3 is 15.7 Å². The summed E-state index contributed by atoms with van der Waals surface area (Å²) < 4.78 is 6.48.